The Morgan fingerprint density at radius 1 is 1.25 bits per heavy atom. The molecule has 6 heteroatoms. The molecule has 16 heavy (non-hydrogen) atoms. The Labute approximate surface area is 90.1 Å². The molecule has 2 aromatic rings. The number of hydrogen-bond acceptors (Lipinski definition) is 4. The summed E-state index contributed by atoms with van der Waals surface area (Å²) in [6, 6.07) is 3.55. The molecule has 84 valence electrons. The highest BCUT2D eigenvalue weighted by molar-refractivity contribution is 5.55. The van der Waals surface area contributed by atoms with Crippen molar-refractivity contribution in [2.75, 3.05) is 6.54 Å². The molecule has 0 amide bonds. The molecule has 4 nitrogen and oxygen atoms in total. The lowest BCUT2D eigenvalue weighted by molar-refractivity contribution is 0.379. The lowest BCUT2D eigenvalue weighted by atomic mass is 10.2. The molecule has 0 saturated carbocycles. The van der Waals surface area contributed by atoms with Crippen molar-refractivity contribution in [3.8, 4) is 11.4 Å². The number of halogens is 2. The predicted octanol–water partition coefficient (Wildman–Crippen LogP) is 1.52. The van der Waals surface area contributed by atoms with Crippen molar-refractivity contribution >= 4 is 0 Å². The van der Waals surface area contributed by atoms with Crippen LogP contribution in [0.1, 0.15) is 5.89 Å². The number of benzene rings is 1. The second-order valence-electron chi connectivity index (χ2n) is 3.15. The third-order valence-corrected chi connectivity index (χ3v) is 2.01. The average Bonchev–Trinajstić information content (AvgIpc) is 2.67. The Balaban J connectivity index is 2.42. The first kappa shape index (κ1) is 10.7. The van der Waals surface area contributed by atoms with E-state index >= 15 is 0 Å². The zero-order valence-electron chi connectivity index (χ0n) is 8.28. The van der Waals surface area contributed by atoms with Crippen LogP contribution in [0.4, 0.5) is 8.78 Å². The molecule has 0 aliphatic carbocycles. The van der Waals surface area contributed by atoms with Crippen molar-refractivity contribution in [3.05, 3.63) is 35.7 Å². The predicted molar refractivity (Wildman–Crippen MR) is 52.4 cm³/mol. The molecule has 1 aromatic heterocycles. The topological polar surface area (TPSA) is 64.9 Å². The second-order valence-corrected chi connectivity index (χ2v) is 3.15. The van der Waals surface area contributed by atoms with Crippen LogP contribution in [-0.4, -0.2) is 16.7 Å². The van der Waals surface area contributed by atoms with E-state index in [4.69, 9.17) is 10.3 Å². The smallest absolute Gasteiger partial charge is 0.228 e. The SMILES string of the molecule is NCCc1nc(-c2c(F)cccc2F)no1. The third-order valence-electron chi connectivity index (χ3n) is 2.01. The largest absolute Gasteiger partial charge is 0.339 e. The van der Waals surface area contributed by atoms with Gasteiger partial charge in [0, 0.05) is 13.0 Å². The molecule has 1 aromatic carbocycles. The Morgan fingerprint density at radius 2 is 1.94 bits per heavy atom. The standard InChI is InChI=1S/C10H9F2N3O/c11-6-2-1-3-7(12)9(6)10-14-8(4-5-13)16-15-10/h1-3H,4-5,13H2. The van der Waals surface area contributed by atoms with Gasteiger partial charge in [0.15, 0.2) is 0 Å². The Hall–Kier alpha value is -1.82. The minimum atomic E-state index is -0.722. The first-order chi connectivity index (χ1) is 7.72. The van der Waals surface area contributed by atoms with Crippen molar-refractivity contribution < 1.29 is 13.3 Å². The summed E-state index contributed by atoms with van der Waals surface area (Å²) in [6.07, 6.45) is 0.378. The van der Waals surface area contributed by atoms with Gasteiger partial charge < -0.3 is 10.3 Å². The summed E-state index contributed by atoms with van der Waals surface area (Å²) < 4.78 is 31.5. The Kier molecular flexibility index (Phi) is 2.91. The summed E-state index contributed by atoms with van der Waals surface area (Å²) in [6.45, 7) is 0.335. The monoisotopic (exact) mass is 225 g/mol. The van der Waals surface area contributed by atoms with E-state index in [-0.39, 0.29) is 17.3 Å². The summed E-state index contributed by atoms with van der Waals surface area (Å²) >= 11 is 0. The number of rotatable bonds is 3. The zero-order valence-corrected chi connectivity index (χ0v) is 8.28. The van der Waals surface area contributed by atoms with E-state index in [2.05, 4.69) is 10.1 Å². The number of aromatic nitrogens is 2. The van der Waals surface area contributed by atoms with Crippen LogP contribution in [0, 0.1) is 11.6 Å². The van der Waals surface area contributed by atoms with Gasteiger partial charge in [0.2, 0.25) is 11.7 Å². The normalized spacial score (nSPS) is 10.7. The molecule has 0 bridgehead atoms. The van der Waals surface area contributed by atoms with Crippen LogP contribution < -0.4 is 5.73 Å². The molecule has 0 unspecified atom stereocenters. The molecule has 0 radical (unpaired) electrons. The van der Waals surface area contributed by atoms with E-state index in [0.717, 1.165) is 12.1 Å². The second kappa shape index (κ2) is 4.36. The van der Waals surface area contributed by atoms with Gasteiger partial charge in [0.25, 0.3) is 0 Å². The van der Waals surface area contributed by atoms with E-state index in [1.165, 1.54) is 6.07 Å². The molecule has 1 heterocycles. The maximum Gasteiger partial charge on any atom is 0.228 e. The molecule has 0 saturated heterocycles. The van der Waals surface area contributed by atoms with E-state index < -0.39 is 11.6 Å². The van der Waals surface area contributed by atoms with Crippen molar-refractivity contribution in [2.24, 2.45) is 5.73 Å². The number of nitrogens with two attached hydrogens (primary N) is 1. The van der Waals surface area contributed by atoms with Gasteiger partial charge in [0.1, 0.15) is 11.6 Å². The molecular formula is C10H9F2N3O. The zero-order chi connectivity index (χ0) is 11.5. The Morgan fingerprint density at radius 3 is 2.56 bits per heavy atom. The van der Waals surface area contributed by atoms with Crippen molar-refractivity contribution in [2.45, 2.75) is 6.42 Å². The van der Waals surface area contributed by atoms with Crippen LogP contribution in [0.2, 0.25) is 0 Å². The molecule has 0 spiro atoms. The highest BCUT2D eigenvalue weighted by Gasteiger charge is 2.16. The number of nitrogens with zero attached hydrogens (tertiary/aromatic N) is 2. The molecule has 0 atom stereocenters. The van der Waals surface area contributed by atoms with Gasteiger partial charge in [-0.2, -0.15) is 4.98 Å². The minimum absolute atomic E-state index is 0.0981. The summed E-state index contributed by atoms with van der Waals surface area (Å²) in [4.78, 5) is 3.85. The van der Waals surface area contributed by atoms with Gasteiger partial charge >= 0.3 is 0 Å². The van der Waals surface area contributed by atoms with Gasteiger partial charge in [-0.25, -0.2) is 8.78 Å². The first-order valence-electron chi connectivity index (χ1n) is 4.69. The highest BCUT2D eigenvalue weighted by Crippen LogP contribution is 2.22. The maximum atomic E-state index is 13.3. The summed E-state index contributed by atoms with van der Waals surface area (Å²) in [5.41, 5.74) is 5.01. The lowest BCUT2D eigenvalue weighted by Crippen LogP contribution is -2.02. The van der Waals surface area contributed by atoms with Gasteiger partial charge in [-0.15, -0.1) is 0 Å². The van der Waals surface area contributed by atoms with Crippen molar-refractivity contribution in [3.63, 3.8) is 0 Å². The van der Waals surface area contributed by atoms with Crippen LogP contribution in [-0.2, 0) is 6.42 Å². The van der Waals surface area contributed by atoms with Crippen LogP contribution in [0.15, 0.2) is 22.7 Å². The van der Waals surface area contributed by atoms with Gasteiger partial charge in [0.05, 0.1) is 5.56 Å². The number of hydrogen-bond donors (Lipinski definition) is 1. The molecule has 0 fully saturated rings. The minimum Gasteiger partial charge on any atom is -0.339 e. The quantitative estimate of drug-likeness (QED) is 0.860. The van der Waals surface area contributed by atoms with Crippen LogP contribution >= 0.6 is 0 Å². The molecule has 2 N–H and O–H groups in total. The Bertz CT molecular complexity index is 478. The maximum absolute atomic E-state index is 13.3. The van der Waals surface area contributed by atoms with Crippen molar-refractivity contribution in [1.82, 2.24) is 10.1 Å². The van der Waals surface area contributed by atoms with E-state index in [9.17, 15) is 8.78 Å². The van der Waals surface area contributed by atoms with Crippen LogP contribution in [0.3, 0.4) is 0 Å². The van der Waals surface area contributed by atoms with Crippen LogP contribution in [0.5, 0.6) is 0 Å². The van der Waals surface area contributed by atoms with Gasteiger partial charge in [-0.3, -0.25) is 0 Å². The summed E-state index contributed by atoms with van der Waals surface area (Å²) in [5, 5.41) is 3.51. The fourth-order valence-corrected chi connectivity index (χ4v) is 1.29. The highest BCUT2D eigenvalue weighted by atomic mass is 19.1. The lowest BCUT2D eigenvalue weighted by Gasteiger charge is -1.97. The van der Waals surface area contributed by atoms with E-state index in [1.807, 2.05) is 0 Å². The fraction of sp³-hybridized carbons (Fsp3) is 0.200. The van der Waals surface area contributed by atoms with E-state index in [0.29, 0.717) is 13.0 Å². The van der Waals surface area contributed by atoms with Gasteiger partial charge in [-0.05, 0) is 12.1 Å². The third kappa shape index (κ3) is 1.92. The summed E-state index contributed by atoms with van der Waals surface area (Å²) in [7, 11) is 0. The van der Waals surface area contributed by atoms with E-state index in [1.54, 1.807) is 0 Å². The molecule has 2 rings (SSSR count). The first-order valence-corrected chi connectivity index (χ1v) is 4.69. The van der Waals surface area contributed by atoms with Crippen LogP contribution in [0.25, 0.3) is 11.4 Å². The average molecular weight is 225 g/mol. The summed E-state index contributed by atoms with van der Waals surface area (Å²) in [5.74, 6) is -1.28. The van der Waals surface area contributed by atoms with Gasteiger partial charge in [-0.1, -0.05) is 11.2 Å². The van der Waals surface area contributed by atoms with Crippen molar-refractivity contribution in [1.29, 1.82) is 0 Å². The fourth-order valence-electron chi connectivity index (χ4n) is 1.29. The molecular weight excluding hydrogens is 216 g/mol. The molecule has 0 aliphatic rings. The molecule has 0 aliphatic heterocycles.